The van der Waals surface area contributed by atoms with Crippen LogP contribution in [0.3, 0.4) is 0 Å². The van der Waals surface area contributed by atoms with E-state index in [4.69, 9.17) is 0 Å². The lowest BCUT2D eigenvalue weighted by Crippen LogP contribution is -2.51. The molecule has 0 spiro atoms. The minimum Gasteiger partial charge on any atom is -0.345 e. The average Bonchev–Trinajstić information content (AvgIpc) is 2.74. The van der Waals surface area contributed by atoms with Gasteiger partial charge in [0, 0.05) is 45.8 Å². The number of hydrogen-bond acceptors (Lipinski definition) is 3. The summed E-state index contributed by atoms with van der Waals surface area (Å²) in [6.45, 7) is 4.16. The van der Waals surface area contributed by atoms with Gasteiger partial charge in [-0.1, -0.05) is 0 Å². The van der Waals surface area contributed by atoms with Gasteiger partial charge in [0.2, 0.25) is 5.91 Å². The van der Waals surface area contributed by atoms with Crippen molar-refractivity contribution < 1.29 is 4.79 Å². The molecule has 3 rings (SSSR count). The van der Waals surface area contributed by atoms with Crippen LogP contribution in [-0.2, 0) is 4.79 Å². The first kappa shape index (κ1) is 13.1. The maximum Gasteiger partial charge on any atom is 0.222 e. The van der Waals surface area contributed by atoms with Crippen LogP contribution in [0.4, 0.5) is 0 Å². The first-order valence-corrected chi connectivity index (χ1v) is 7.57. The zero-order valence-electron chi connectivity index (χ0n) is 11.1. The molecule has 5 nitrogen and oxygen atoms in total. The Balaban J connectivity index is 1.45. The predicted molar refractivity (Wildman–Crippen MR) is 75.8 cm³/mol. The number of carbonyl (C=O) groups is 1. The molecule has 0 N–H and O–H groups in total. The third kappa shape index (κ3) is 2.84. The molecule has 104 valence electrons. The topological polar surface area (TPSA) is 41.4 Å². The molecule has 1 amide bonds. The number of amides is 1. The van der Waals surface area contributed by atoms with Gasteiger partial charge in [0.15, 0.2) is 0 Å². The number of carbonyl (C=O) groups excluding carboxylic acids is 1. The smallest absolute Gasteiger partial charge is 0.222 e. The molecule has 1 aromatic rings. The van der Waals surface area contributed by atoms with Crippen LogP contribution in [0.2, 0.25) is 0 Å². The maximum absolute atomic E-state index is 11.4. The van der Waals surface area contributed by atoms with Crippen molar-refractivity contribution >= 4 is 21.8 Å². The Hall–Kier alpha value is -0.880. The first-order valence-electron chi connectivity index (χ1n) is 6.78. The first-order chi connectivity index (χ1) is 9.11. The highest BCUT2D eigenvalue weighted by Crippen LogP contribution is 2.25. The van der Waals surface area contributed by atoms with Gasteiger partial charge in [-0.3, -0.25) is 14.4 Å². The van der Waals surface area contributed by atoms with E-state index in [0.29, 0.717) is 24.3 Å². The zero-order chi connectivity index (χ0) is 13.4. The fourth-order valence-corrected chi connectivity index (χ4v) is 3.29. The highest BCUT2D eigenvalue weighted by Gasteiger charge is 2.32. The summed E-state index contributed by atoms with van der Waals surface area (Å²) in [6.07, 6.45) is 5.63. The SMILES string of the molecule is CN1CC(CN2CC(n3cc(Br)cn3)C2)CCC1=O. The van der Waals surface area contributed by atoms with E-state index >= 15 is 0 Å². The molecule has 0 radical (unpaired) electrons. The summed E-state index contributed by atoms with van der Waals surface area (Å²) in [5.74, 6) is 0.923. The third-order valence-electron chi connectivity index (χ3n) is 4.12. The Morgan fingerprint density at radius 1 is 1.42 bits per heavy atom. The van der Waals surface area contributed by atoms with Crippen LogP contribution in [0.15, 0.2) is 16.9 Å². The van der Waals surface area contributed by atoms with E-state index in [9.17, 15) is 4.79 Å². The van der Waals surface area contributed by atoms with Crippen LogP contribution >= 0.6 is 15.9 Å². The lowest BCUT2D eigenvalue weighted by molar-refractivity contribution is -0.133. The monoisotopic (exact) mass is 326 g/mol. The number of nitrogens with zero attached hydrogens (tertiary/aromatic N) is 4. The lowest BCUT2D eigenvalue weighted by Gasteiger charge is -2.42. The van der Waals surface area contributed by atoms with Crippen LogP contribution < -0.4 is 0 Å². The summed E-state index contributed by atoms with van der Waals surface area (Å²) >= 11 is 3.43. The number of halogens is 1. The minimum absolute atomic E-state index is 0.291. The zero-order valence-corrected chi connectivity index (χ0v) is 12.7. The second kappa shape index (κ2) is 5.25. The molecule has 1 aromatic heterocycles. The number of hydrogen-bond donors (Lipinski definition) is 0. The summed E-state index contributed by atoms with van der Waals surface area (Å²) in [5, 5.41) is 4.33. The molecule has 0 aromatic carbocycles. The molecule has 19 heavy (non-hydrogen) atoms. The van der Waals surface area contributed by atoms with Crippen molar-refractivity contribution in [2.75, 3.05) is 33.2 Å². The molecule has 2 fully saturated rings. The molecule has 2 aliphatic heterocycles. The Morgan fingerprint density at radius 3 is 2.84 bits per heavy atom. The fourth-order valence-electron chi connectivity index (χ4n) is 2.99. The van der Waals surface area contributed by atoms with Crippen molar-refractivity contribution in [1.82, 2.24) is 19.6 Å². The van der Waals surface area contributed by atoms with E-state index in [-0.39, 0.29) is 0 Å². The normalized spacial score (nSPS) is 25.7. The number of piperidine rings is 1. The Bertz CT molecular complexity index is 469. The van der Waals surface area contributed by atoms with Gasteiger partial charge in [-0.25, -0.2) is 0 Å². The van der Waals surface area contributed by atoms with Gasteiger partial charge in [-0.2, -0.15) is 5.10 Å². The van der Waals surface area contributed by atoms with E-state index in [1.807, 2.05) is 29.0 Å². The fraction of sp³-hybridized carbons (Fsp3) is 0.692. The number of likely N-dealkylation sites (tertiary alicyclic amines) is 2. The maximum atomic E-state index is 11.4. The largest absolute Gasteiger partial charge is 0.345 e. The highest BCUT2D eigenvalue weighted by molar-refractivity contribution is 9.10. The third-order valence-corrected chi connectivity index (χ3v) is 4.53. The summed E-state index contributed by atoms with van der Waals surface area (Å²) in [6, 6.07) is 0.509. The Labute approximate surface area is 121 Å². The van der Waals surface area contributed by atoms with E-state index in [2.05, 4.69) is 25.9 Å². The van der Waals surface area contributed by atoms with Crippen LogP contribution in [0.1, 0.15) is 18.9 Å². The quantitative estimate of drug-likeness (QED) is 0.842. The van der Waals surface area contributed by atoms with Gasteiger partial charge in [-0.15, -0.1) is 0 Å². The van der Waals surface area contributed by atoms with Gasteiger partial charge < -0.3 is 4.90 Å². The minimum atomic E-state index is 0.291. The van der Waals surface area contributed by atoms with Gasteiger partial charge >= 0.3 is 0 Å². The van der Waals surface area contributed by atoms with Crippen molar-refractivity contribution in [3.63, 3.8) is 0 Å². The standard InChI is InChI=1S/C13H19BrN4O/c1-16-5-10(2-3-13(16)19)6-17-8-12(9-17)18-7-11(14)4-15-18/h4,7,10,12H,2-3,5-6,8-9H2,1H3. The second-order valence-electron chi connectivity index (χ2n) is 5.69. The van der Waals surface area contributed by atoms with Crippen molar-refractivity contribution in [2.45, 2.75) is 18.9 Å². The van der Waals surface area contributed by atoms with E-state index < -0.39 is 0 Å². The Morgan fingerprint density at radius 2 is 2.21 bits per heavy atom. The van der Waals surface area contributed by atoms with Crippen molar-refractivity contribution in [3.05, 3.63) is 16.9 Å². The molecule has 1 atom stereocenters. The van der Waals surface area contributed by atoms with Crippen LogP contribution in [0.25, 0.3) is 0 Å². The van der Waals surface area contributed by atoms with Crippen LogP contribution in [-0.4, -0.2) is 58.7 Å². The summed E-state index contributed by atoms with van der Waals surface area (Å²) in [5.41, 5.74) is 0. The van der Waals surface area contributed by atoms with Gasteiger partial charge in [0.05, 0.1) is 16.7 Å². The van der Waals surface area contributed by atoms with E-state index in [1.54, 1.807) is 0 Å². The molecular formula is C13H19BrN4O. The Kier molecular flexibility index (Phi) is 3.62. The van der Waals surface area contributed by atoms with E-state index in [1.165, 1.54) is 0 Å². The summed E-state index contributed by atoms with van der Waals surface area (Å²) < 4.78 is 3.08. The van der Waals surface area contributed by atoms with Crippen molar-refractivity contribution in [2.24, 2.45) is 5.92 Å². The molecule has 2 saturated heterocycles. The van der Waals surface area contributed by atoms with Crippen LogP contribution in [0.5, 0.6) is 0 Å². The van der Waals surface area contributed by atoms with Gasteiger partial charge in [0.1, 0.15) is 0 Å². The molecule has 3 heterocycles. The van der Waals surface area contributed by atoms with Gasteiger partial charge in [-0.05, 0) is 28.3 Å². The predicted octanol–water partition coefficient (Wildman–Crippen LogP) is 1.37. The highest BCUT2D eigenvalue weighted by atomic mass is 79.9. The van der Waals surface area contributed by atoms with E-state index in [0.717, 1.165) is 37.1 Å². The molecule has 0 aliphatic carbocycles. The summed E-state index contributed by atoms with van der Waals surface area (Å²) in [7, 11) is 1.91. The molecule has 2 aliphatic rings. The summed E-state index contributed by atoms with van der Waals surface area (Å²) in [4.78, 5) is 15.8. The van der Waals surface area contributed by atoms with Crippen molar-refractivity contribution in [3.8, 4) is 0 Å². The van der Waals surface area contributed by atoms with Crippen LogP contribution in [0, 0.1) is 5.92 Å². The average molecular weight is 327 g/mol. The van der Waals surface area contributed by atoms with Crippen molar-refractivity contribution in [1.29, 1.82) is 0 Å². The number of rotatable bonds is 3. The molecule has 1 unspecified atom stereocenters. The number of aromatic nitrogens is 2. The molecule has 6 heteroatoms. The molecular weight excluding hydrogens is 308 g/mol. The second-order valence-corrected chi connectivity index (χ2v) is 6.61. The van der Waals surface area contributed by atoms with Gasteiger partial charge in [0.25, 0.3) is 0 Å². The molecule has 0 saturated carbocycles. The molecule has 0 bridgehead atoms. The lowest BCUT2D eigenvalue weighted by atomic mass is 9.95.